The van der Waals surface area contributed by atoms with E-state index < -0.39 is 6.04 Å². The van der Waals surface area contributed by atoms with Crippen LogP contribution in [0.2, 0.25) is 0 Å². The number of hydrogen-bond donors (Lipinski definition) is 1. The van der Waals surface area contributed by atoms with E-state index in [-0.39, 0.29) is 22.8 Å². The van der Waals surface area contributed by atoms with Crippen molar-refractivity contribution in [2.75, 3.05) is 13.1 Å². The first-order valence-corrected chi connectivity index (χ1v) is 10.2. The molecule has 7 heteroatoms. The van der Waals surface area contributed by atoms with E-state index in [2.05, 4.69) is 14.5 Å². The number of ketones is 1. The summed E-state index contributed by atoms with van der Waals surface area (Å²) in [6.07, 6.45) is 4.64. The molecule has 0 spiro atoms. The zero-order chi connectivity index (χ0) is 18.1. The van der Waals surface area contributed by atoms with Crippen LogP contribution in [0.1, 0.15) is 36.6 Å². The molecule has 2 aromatic rings. The molecule has 136 valence electrons. The molecule has 1 aliphatic heterocycles. The molecule has 2 aliphatic rings. The first-order chi connectivity index (χ1) is 12.6. The minimum absolute atomic E-state index is 0.0727. The Morgan fingerprint density at radius 2 is 2.15 bits per heavy atom. The number of hydrogen-bond acceptors (Lipinski definition) is 6. The Bertz CT molecular complexity index is 820. The summed E-state index contributed by atoms with van der Waals surface area (Å²) in [6.45, 7) is 1.31. The third-order valence-corrected chi connectivity index (χ3v) is 6.14. The Morgan fingerprint density at radius 3 is 2.85 bits per heavy atom. The maximum Gasteiger partial charge on any atom is 0.157 e. The number of likely N-dealkylation sites (tertiary alicyclic amines) is 1. The molecule has 1 aromatic heterocycles. The van der Waals surface area contributed by atoms with Crippen LogP contribution in [0.5, 0.6) is 0 Å². The number of nitrogens with zero attached hydrogens (tertiary/aromatic N) is 3. The average Bonchev–Trinajstić information content (AvgIpc) is 3.37. The standard InChI is InChI=1S/C19H20FN3OS2/c20-16-4-2-1-3-15(16)18(19(24)12-5-6-12)23-8-7-17(25)13(10-23)9-14-11-26-22-21-14/h1-4,9,11-12,17-18,25H,5-8,10H2/b13-9+. The number of benzene rings is 1. The highest BCUT2D eigenvalue weighted by Crippen LogP contribution is 2.39. The predicted octanol–water partition coefficient (Wildman–Crippen LogP) is 3.79. The summed E-state index contributed by atoms with van der Waals surface area (Å²) in [5.41, 5.74) is 2.38. The Hall–Kier alpha value is -1.57. The van der Waals surface area contributed by atoms with Crippen molar-refractivity contribution in [3.63, 3.8) is 0 Å². The van der Waals surface area contributed by atoms with Crippen molar-refractivity contribution in [3.05, 3.63) is 52.3 Å². The third-order valence-electron chi connectivity index (χ3n) is 5.03. The predicted molar refractivity (Wildman–Crippen MR) is 104 cm³/mol. The van der Waals surface area contributed by atoms with Gasteiger partial charge in [-0.3, -0.25) is 9.69 Å². The highest BCUT2D eigenvalue weighted by molar-refractivity contribution is 7.81. The van der Waals surface area contributed by atoms with Gasteiger partial charge in [-0.2, -0.15) is 12.6 Å². The number of rotatable bonds is 5. The molecule has 1 saturated carbocycles. The second-order valence-electron chi connectivity index (χ2n) is 6.92. The quantitative estimate of drug-likeness (QED) is 0.791. The lowest BCUT2D eigenvalue weighted by molar-refractivity contribution is -0.126. The topological polar surface area (TPSA) is 46.1 Å². The first-order valence-electron chi connectivity index (χ1n) is 8.81. The normalized spacial score (nSPS) is 23.9. The fourth-order valence-corrected chi connectivity index (χ4v) is 4.18. The fraction of sp³-hybridized carbons (Fsp3) is 0.421. The molecule has 1 aromatic carbocycles. The minimum Gasteiger partial charge on any atom is -0.297 e. The van der Waals surface area contributed by atoms with Crippen LogP contribution in [-0.4, -0.2) is 38.6 Å². The van der Waals surface area contributed by atoms with Crippen molar-refractivity contribution >= 4 is 36.0 Å². The van der Waals surface area contributed by atoms with Gasteiger partial charge in [0.2, 0.25) is 0 Å². The summed E-state index contributed by atoms with van der Waals surface area (Å²) in [4.78, 5) is 15.1. The molecular weight excluding hydrogens is 369 g/mol. The lowest BCUT2D eigenvalue weighted by Gasteiger charge is -2.37. The summed E-state index contributed by atoms with van der Waals surface area (Å²) in [5, 5.41) is 6.07. The van der Waals surface area contributed by atoms with Gasteiger partial charge in [-0.1, -0.05) is 22.7 Å². The molecule has 0 radical (unpaired) electrons. The summed E-state index contributed by atoms with van der Waals surface area (Å²) in [7, 11) is 0. The summed E-state index contributed by atoms with van der Waals surface area (Å²) >= 11 is 5.99. The van der Waals surface area contributed by atoms with Gasteiger partial charge in [0.05, 0.1) is 11.7 Å². The summed E-state index contributed by atoms with van der Waals surface area (Å²) < 4.78 is 18.4. The van der Waals surface area contributed by atoms with Gasteiger partial charge in [0, 0.05) is 35.2 Å². The molecule has 2 atom stereocenters. The van der Waals surface area contributed by atoms with E-state index in [1.54, 1.807) is 18.2 Å². The second-order valence-corrected chi connectivity index (χ2v) is 8.16. The van der Waals surface area contributed by atoms with Gasteiger partial charge in [-0.05, 0) is 48.5 Å². The molecule has 2 fully saturated rings. The number of halogens is 1. The largest absolute Gasteiger partial charge is 0.297 e. The maximum atomic E-state index is 14.5. The number of Topliss-reactive ketones (excluding diaryl/α,β-unsaturated/α-hetero) is 1. The van der Waals surface area contributed by atoms with Crippen LogP contribution < -0.4 is 0 Å². The molecule has 0 N–H and O–H groups in total. The zero-order valence-corrected chi connectivity index (χ0v) is 15.9. The monoisotopic (exact) mass is 389 g/mol. The maximum absolute atomic E-state index is 14.5. The average molecular weight is 390 g/mol. The van der Waals surface area contributed by atoms with Gasteiger partial charge in [0.25, 0.3) is 0 Å². The highest BCUT2D eigenvalue weighted by Gasteiger charge is 2.40. The summed E-state index contributed by atoms with van der Waals surface area (Å²) in [5.74, 6) is -0.0976. The molecule has 0 bridgehead atoms. The number of carbonyl (C=O) groups excluding carboxylic acids is 1. The Morgan fingerprint density at radius 1 is 1.35 bits per heavy atom. The summed E-state index contributed by atoms with van der Waals surface area (Å²) in [6, 6.07) is 6.11. The SMILES string of the molecule is O=C(C1CC1)C(c1ccccc1F)N1CCC(S)/C(=C/c2csnn2)C1. The van der Waals surface area contributed by atoms with Gasteiger partial charge in [0.1, 0.15) is 5.82 Å². The number of thiol groups is 1. The van der Waals surface area contributed by atoms with Crippen molar-refractivity contribution in [1.29, 1.82) is 0 Å². The molecule has 0 amide bonds. The van der Waals surface area contributed by atoms with E-state index in [0.717, 1.165) is 37.1 Å². The van der Waals surface area contributed by atoms with Crippen molar-refractivity contribution in [2.24, 2.45) is 5.92 Å². The van der Waals surface area contributed by atoms with Crippen LogP contribution in [0.25, 0.3) is 6.08 Å². The molecule has 1 saturated heterocycles. The van der Waals surface area contributed by atoms with Crippen LogP contribution in [-0.2, 0) is 4.79 Å². The fourth-order valence-electron chi connectivity index (χ4n) is 3.50. The van der Waals surface area contributed by atoms with E-state index in [0.29, 0.717) is 12.1 Å². The minimum atomic E-state index is -0.526. The van der Waals surface area contributed by atoms with Crippen LogP contribution in [0.15, 0.2) is 35.2 Å². The van der Waals surface area contributed by atoms with Gasteiger partial charge < -0.3 is 0 Å². The molecule has 1 aliphatic carbocycles. The van der Waals surface area contributed by atoms with Gasteiger partial charge >= 0.3 is 0 Å². The first kappa shape index (κ1) is 17.8. The van der Waals surface area contributed by atoms with E-state index in [1.807, 2.05) is 11.5 Å². The Balaban J connectivity index is 1.65. The highest BCUT2D eigenvalue weighted by atomic mass is 32.1. The van der Waals surface area contributed by atoms with Crippen molar-refractivity contribution < 1.29 is 9.18 Å². The van der Waals surface area contributed by atoms with E-state index in [9.17, 15) is 9.18 Å². The lowest BCUT2D eigenvalue weighted by atomic mass is 9.93. The van der Waals surface area contributed by atoms with Crippen LogP contribution in [0, 0.1) is 11.7 Å². The molecule has 26 heavy (non-hydrogen) atoms. The molecule has 4 nitrogen and oxygen atoms in total. The molecule has 2 unspecified atom stereocenters. The van der Waals surface area contributed by atoms with Gasteiger partial charge in [-0.25, -0.2) is 4.39 Å². The number of aromatic nitrogens is 2. The van der Waals surface area contributed by atoms with Crippen LogP contribution in [0.4, 0.5) is 4.39 Å². The number of piperidine rings is 1. The molecular formula is C19H20FN3OS2. The second kappa shape index (κ2) is 7.58. The smallest absolute Gasteiger partial charge is 0.157 e. The van der Waals surface area contributed by atoms with E-state index in [1.165, 1.54) is 17.6 Å². The van der Waals surface area contributed by atoms with E-state index >= 15 is 0 Å². The van der Waals surface area contributed by atoms with Crippen molar-refractivity contribution in [2.45, 2.75) is 30.6 Å². The third kappa shape index (κ3) is 3.75. The number of carbonyl (C=O) groups is 1. The Labute approximate surface area is 161 Å². The Kier molecular flexibility index (Phi) is 5.20. The van der Waals surface area contributed by atoms with Crippen LogP contribution in [0.3, 0.4) is 0 Å². The molecule has 4 rings (SSSR count). The lowest BCUT2D eigenvalue weighted by Crippen LogP contribution is -2.42. The van der Waals surface area contributed by atoms with Crippen LogP contribution >= 0.6 is 24.2 Å². The van der Waals surface area contributed by atoms with Crippen molar-refractivity contribution in [1.82, 2.24) is 14.5 Å². The van der Waals surface area contributed by atoms with Gasteiger partial charge in [0.15, 0.2) is 5.78 Å². The zero-order valence-electron chi connectivity index (χ0n) is 14.2. The van der Waals surface area contributed by atoms with Crippen molar-refractivity contribution in [3.8, 4) is 0 Å². The van der Waals surface area contributed by atoms with Gasteiger partial charge in [-0.15, -0.1) is 5.10 Å². The van der Waals surface area contributed by atoms with E-state index in [4.69, 9.17) is 12.6 Å². The molecule has 2 heterocycles.